The number of halogens is 1. The number of nitrogens with zero attached hydrogens (tertiary/aromatic N) is 1. The number of benzene rings is 2. The Morgan fingerprint density at radius 1 is 1.14 bits per heavy atom. The van der Waals surface area contributed by atoms with Crippen molar-refractivity contribution in [1.29, 1.82) is 5.26 Å². The summed E-state index contributed by atoms with van der Waals surface area (Å²) in [5, 5.41) is 8.84. The Labute approximate surface area is 126 Å². The first kappa shape index (κ1) is 15.0. The third kappa shape index (κ3) is 3.40. The van der Waals surface area contributed by atoms with Crippen LogP contribution in [-0.4, -0.2) is 14.7 Å². The van der Waals surface area contributed by atoms with E-state index in [9.17, 15) is 13.2 Å². The fourth-order valence-electron chi connectivity index (χ4n) is 1.60. The first-order valence-corrected chi connectivity index (χ1v) is 7.60. The molecule has 0 saturated heterocycles. The van der Waals surface area contributed by atoms with Crippen molar-refractivity contribution in [2.24, 2.45) is 0 Å². The van der Waals surface area contributed by atoms with Crippen LogP contribution in [0.2, 0.25) is 5.02 Å². The van der Waals surface area contributed by atoms with Gasteiger partial charge < -0.3 is 0 Å². The first-order valence-electron chi connectivity index (χ1n) is 5.74. The largest absolute Gasteiger partial charge is 0.298 e. The number of nitrogens with one attached hydrogen (secondary N) is 1. The van der Waals surface area contributed by atoms with Gasteiger partial charge in [-0.05, 0) is 42.5 Å². The summed E-state index contributed by atoms with van der Waals surface area (Å²) in [6.07, 6.45) is 0.665. The third-order valence-corrected chi connectivity index (χ3v) is 4.36. The average molecular weight is 321 g/mol. The first-order chi connectivity index (χ1) is 9.96. The van der Waals surface area contributed by atoms with Crippen molar-refractivity contribution in [3.05, 3.63) is 58.6 Å². The molecule has 2 aromatic carbocycles. The van der Waals surface area contributed by atoms with Crippen molar-refractivity contribution in [1.82, 2.24) is 0 Å². The minimum atomic E-state index is -3.81. The number of carbonyl (C=O) groups is 1. The fourth-order valence-corrected chi connectivity index (χ4v) is 2.97. The van der Waals surface area contributed by atoms with Gasteiger partial charge in [0.05, 0.1) is 15.5 Å². The summed E-state index contributed by atoms with van der Waals surface area (Å²) in [4.78, 5) is 10.5. The van der Waals surface area contributed by atoms with Gasteiger partial charge in [0.15, 0.2) is 0 Å². The SMILES string of the molecule is N#Cc1ccc(S(=O)(=O)Nc2ccc(C=O)cc2)cc1Cl. The highest BCUT2D eigenvalue weighted by molar-refractivity contribution is 7.92. The number of nitriles is 1. The van der Waals surface area contributed by atoms with E-state index in [4.69, 9.17) is 16.9 Å². The number of carbonyl (C=O) groups excluding carboxylic acids is 1. The molecule has 0 aliphatic carbocycles. The zero-order valence-corrected chi connectivity index (χ0v) is 12.1. The molecule has 0 bridgehead atoms. The molecule has 0 radical (unpaired) electrons. The Bertz CT molecular complexity index is 824. The van der Waals surface area contributed by atoms with E-state index in [-0.39, 0.29) is 15.5 Å². The molecule has 7 heteroatoms. The van der Waals surface area contributed by atoms with Crippen molar-refractivity contribution in [2.75, 3.05) is 4.72 Å². The highest BCUT2D eigenvalue weighted by Crippen LogP contribution is 2.22. The normalized spacial score (nSPS) is 10.7. The third-order valence-electron chi connectivity index (χ3n) is 2.67. The molecule has 0 unspecified atom stereocenters. The monoisotopic (exact) mass is 320 g/mol. The maximum atomic E-state index is 12.2. The summed E-state index contributed by atoms with van der Waals surface area (Å²) in [6, 6.07) is 11.7. The molecule has 1 N–H and O–H groups in total. The Hall–Kier alpha value is -2.36. The number of hydrogen-bond acceptors (Lipinski definition) is 4. The molecule has 2 rings (SSSR count). The van der Waals surface area contributed by atoms with Crippen LogP contribution in [0.3, 0.4) is 0 Å². The summed E-state index contributed by atoms with van der Waals surface area (Å²) in [5.41, 5.74) is 0.964. The maximum Gasteiger partial charge on any atom is 0.261 e. The van der Waals surface area contributed by atoms with Gasteiger partial charge in [0.25, 0.3) is 10.0 Å². The van der Waals surface area contributed by atoms with Crippen molar-refractivity contribution in [3.63, 3.8) is 0 Å². The van der Waals surface area contributed by atoms with E-state index in [1.54, 1.807) is 0 Å². The predicted molar refractivity (Wildman–Crippen MR) is 78.8 cm³/mol. The van der Waals surface area contributed by atoms with Gasteiger partial charge in [0, 0.05) is 11.3 Å². The molecule has 0 amide bonds. The molecule has 5 nitrogen and oxygen atoms in total. The van der Waals surface area contributed by atoms with Gasteiger partial charge in [-0.1, -0.05) is 11.6 Å². The smallest absolute Gasteiger partial charge is 0.261 e. The molecular weight excluding hydrogens is 312 g/mol. The van der Waals surface area contributed by atoms with E-state index in [0.29, 0.717) is 17.5 Å². The van der Waals surface area contributed by atoms with Crippen LogP contribution < -0.4 is 4.72 Å². The summed E-state index contributed by atoms with van der Waals surface area (Å²) >= 11 is 5.82. The minimum absolute atomic E-state index is 0.0500. The molecule has 0 spiro atoms. The van der Waals surface area contributed by atoms with Crippen LogP contribution in [0.15, 0.2) is 47.4 Å². The standard InChI is InChI=1S/C14H9ClN2O3S/c15-14-7-13(6-3-11(14)8-16)21(19,20)17-12-4-1-10(9-18)2-5-12/h1-7,9,17H. The lowest BCUT2D eigenvalue weighted by Gasteiger charge is -2.08. The van der Waals surface area contributed by atoms with Gasteiger partial charge >= 0.3 is 0 Å². The van der Waals surface area contributed by atoms with Crippen LogP contribution in [-0.2, 0) is 10.0 Å². The lowest BCUT2D eigenvalue weighted by molar-refractivity contribution is 0.112. The second-order valence-electron chi connectivity index (χ2n) is 4.10. The van der Waals surface area contributed by atoms with Crippen LogP contribution in [0.25, 0.3) is 0 Å². The van der Waals surface area contributed by atoms with Gasteiger partial charge in [0.1, 0.15) is 12.4 Å². The second-order valence-corrected chi connectivity index (χ2v) is 6.19. The number of rotatable bonds is 4. The van der Waals surface area contributed by atoms with Gasteiger partial charge in [-0.25, -0.2) is 8.42 Å². The molecule has 0 saturated carbocycles. The Kier molecular flexibility index (Phi) is 4.26. The number of aldehydes is 1. The van der Waals surface area contributed by atoms with E-state index in [1.807, 2.05) is 6.07 Å². The second kappa shape index (κ2) is 5.95. The zero-order valence-electron chi connectivity index (χ0n) is 10.6. The Morgan fingerprint density at radius 2 is 1.81 bits per heavy atom. The van der Waals surface area contributed by atoms with E-state index in [0.717, 1.165) is 0 Å². The highest BCUT2D eigenvalue weighted by atomic mass is 35.5. The summed E-state index contributed by atoms with van der Waals surface area (Å²) < 4.78 is 26.7. The lowest BCUT2D eigenvalue weighted by Crippen LogP contribution is -2.13. The quantitative estimate of drug-likeness (QED) is 0.877. The van der Waals surface area contributed by atoms with E-state index in [2.05, 4.69) is 4.72 Å². The van der Waals surface area contributed by atoms with E-state index < -0.39 is 10.0 Å². The molecule has 0 aliphatic heterocycles. The molecule has 0 atom stereocenters. The maximum absolute atomic E-state index is 12.2. The molecule has 0 aliphatic rings. The molecule has 0 fully saturated rings. The summed E-state index contributed by atoms with van der Waals surface area (Å²) in [6.45, 7) is 0. The van der Waals surface area contributed by atoms with Crippen LogP contribution in [0.4, 0.5) is 5.69 Å². The highest BCUT2D eigenvalue weighted by Gasteiger charge is 2.15. The lowest BCUT2D eigenvalue weighted by atomic mass is 10.2. The minimum Gasteiger partial charge on any atom is -0.298 e. The molecule has 0 aromatic heterocycles. The van der Waals surface area contributed by atoms with Crippen LogP contribution in [0.5, 0.6) is 0 Å². The van der Waals surface area contributed by atoms with Crippen molar-refractivity contribution in [3.8, 4) is 6.07 Å². The summed E-state index contributed by atoms with van der Waals surface area (Å²) in [5.74, 6) is 0. The molecule has 21 heavy (non-hydrogen) atoms. The molecular formula is C14H9ClN2O3S. The number of sulfonamides is 1. The van der Waals surface area contributed by atoms with Crippen molar-refractivity contribution >= 4 is 33.6 Å². The molecule has 2 aromatic rings. The predicted octanol–water partition coefficient (Wildman–Crippen LogP) is 2.82. The number of anilines is 1. The average Bonchev–Trinajstić information content (AvgIpc) is 2.47. The van der Waals surface area contributed by atoms with E-state index in [1.165, 1.54) is 42.5 Å². The van der Waals surface area contributed by atoms with Crippen LogP contribution in [0, 0.1) is 11.3 Å². The van der Waals surface area contributed by atoms with E-state index >= 15 is 0 Å². The number of hydrogen-bond donors (Lipinski definition) is 1. The van der Waals surface area contributed by atoms with Crippen molar-refractivity contribution in [2.45, 2.75) is 4.90 Å². The molecule has 0 heterocycles. The Balaban J connectivity index is 2.31. The summed E-state index contributed by atoms with van der Waals surface area (Å²) in [7, 11) is -3.81. The zero-order chi connectivity index (χ0) is 15.5. The van der Waals surface area contributed by atoms with Gasteiger partial charge in [-0.15, -0.1) is 0 Å². The van der Waals surface area contributed by atoms with Gasteiger partial charge in [-0.3, -0.25) is 9.52 Å². The van der Waals surface area contributed by atoms with Crippen LogP contribution >= 0.6 is 11.6 Å². The molecule has 106 valence electrons. The fraction of sp³-hybridized carbons (Fsp3) is 0. The Morgan fingerprint density at radius 3 is 2.33 bits per heavy atom. The van der Waals surface area contributed by atoms with Crippen LogP contribution in [0.1, 0.15) is 15.9 Å². The van der Waals surface area contributed by atoms with Crippen molar-refractivity contribution < 1.29 is 13.2 Å². The topological polar surface area (TPSA) is 87.0 Å². The van der Waals surface area contributed by atoms with Gasteiger partial charge in [-0.2, -0.15) is 5.26 Å². The van der Waals surface area contributed by atoms with Gasteiger partial charge in [0.2, 0.25) is 0 Å².